The van der Waals surface area contributed by atoms with Crippen LogP contribution in [0.3, 0.4) is 0 Å². The summed E-state index contributed by atoms with van der Waals surface area (Å²) in [6.07, 6.45) is 2.20. The Morgan fingerprint density at radius 1 is 1.33 bits per heavy atom. The Balaban J connectivity index is 2.46. The van der Waals surface area contributed by atoms with E-state index in [0.717, 1.165) is 30.1 Å². The standard InChI is InChI=1S/C15H23ClN2/c1-10-7-11(2)14(13(16)8-10)18-9-12(17)5-6-15(18,3)4/h7-8,12H,5-6,9,17H2,1-4H3. The average molecular weight is 267 g/mol. The number of piperidine rings is 1. The first-order chi connectivity index (χ1) is 8.31. The molecule has 0 aliphatic carbocycles. The molecule has 1 aromatic rings. The summed E-state index contributed by atoms with van der Waals surface area (Å²) in [4.78, 5) is 2.39. The predicted octanol–water partition coefficient (Wildman–Crippen LogP) is 3.66. The Morgan fingerprint density at radius 2 is 2.00 bits per heavy atom. The third kappa shape index (κ3) is 2.50. The van der Waals surface area contributed by atoms with Crippen LogP contribution >= 0.6 is 11.6 Å². The van der Waals surface area contributed by atoms with Gasteiger partial charge in [0.25, 0.3) is 0 Å². The van der Waals surface area contributed by atoms with Crippen LogP contribution in [0.5, 0.6) is 0 Å². The molecule has 1 aliphatic rings. The number of anilines is 1. The zero-order valence-electron chi connectivity index (χ0n) is 11.8. The highest BCUT2D eigenvalue weighted by molar-refractivity contribution is 6.33. The number of nitrogens with zero attached hydrogens (tertiary/aromatic N) is 1. The van der Waals surface area contributed by atoms with Crippen molar-refractivity contribution in [1.82, 2.24) is 0 Å². The van der Waals surface area contributed by atoms with Crippen LogP contribution in [-0.2, 0) is 0 Å². The normalized spacial score (nSPS) is 23.2. The van der Waals surface area contributed by atoms with E-state index in [1.165, 1.54) is 11.1 Å². The molecular formula is C15H23ClN2. The smallest absolute Gasteiger partial charge is 0.0645 e. The zero-order valence-corrected chi connectivity index (χ0v) is 12.5. The second kappa shape index (κ2) is 4.75. The van der Waals surface area contributed by atoms with Gasteiger partial charge in [-0.25, -0.2) is 0 Å². The number of halogens is 1. The molecule has 0 saturated carbocycles. The highest BCUT2D eigenvalue weighted by Gasteiger charge is 2.34. The maximum absolute atomic E-state index is 6.46. The van der Waals surface area contributed by atoms with E-state index in [4.69, 9.17) is 17.3 Å². The van der Waals surface area contributed by atoms with E-state index in [2.05, 4.69) is 38.7 Å². The topological polar surface area (TPSA) is 29.3 Å². The number of benzene rings is 1. The molecule has 1 atom stereocenters. The Bertz CT molecular complexity index is 431. The molecule has 0 radical (unpaired) electrons. The van der Waals surface area contributed by atoms with Crippen molar-refractivity contribution in [3.63, 3.8) is 0 Å². The first-order valence-corrected chi connectivity index (χ1v) is 6.99. The molecule has 0 amide bonds. The molecule has 1 aromatic carbocycles. The van der Waals surface area contributed by atoms with E-state index in [1.807, 2.05) is 6.07 Å². The van der Waals surface area contributed by atoms with Gasteiger partial charge < -0.3 is 10.6 Å². The zero-order chi connectivity index (χ0) is 13.5. The molecule has 0 spiro atoms. The van der Waals surface area contributed by atoms with Crippen molar-refractivity contribution in [2.45, 2.75) is 52.1 Å². The van der Waals surface area contributed by atoms with Crippen LogP contribution in [-0.4, -0.2) is 18.1 Å². The SMILES string of the molecule is Cc1cc(C)c(N2CC(N)CCC2(C)C)c(Cl)c1. The molecule has 3 heteroatoms. The van der Waals surface area contributed by atoms with Gasteiger partial charge >= 0.3 is 0 Å². The summed E-state index contributed by atoms with van der Waals surface area (Å²) in [5, 5.41) is 0.842. The first kappa shape index (κ1) is 13.7. The number of rotatable bonds is 1. The molecule has 0 aromatic heterocycles. The van der Waals surface area contributed by atoms with Crippen LogP contribution in [0, 0.1) is 13.8 Å². The third-order valence-electron chi connectivity index (χ3n) is 3.94. The van der Waals surface area contributed by atoms with Gasteiger partial charge in [0, 0.05) is 18.1 Å². The van der Waals surface area contributed by atoms with Crippen molar-refractivity contribution in [2.75, 3.05) is 11.4 Å². The Kier molecular flexibility index (Phi) is 3.61. The molecule has 2 N–H and O–H groups in total. The lowest BCUT2D eigenvalue weighted by Gasteiger charge is -2.47. The monoisotopic (exact) mass is 266 g/mol. The van der Waals surface area contributed by atoms with Crippen molar-refractivity contribution in [1.29, 1.82) is 0 Å². The number of nitrogens with two attached hydrogens (primary N) is 1. The van der Waals surface area contributed by atoms with Gasteiger partial charge in [-0.1, -0.05) is 17.7 Å². The van der Waals surface area contributed by atoms with E-state index in [1.54, 1.807) is 0 Å². The Morgan fingerprint density at radius 3 is 2.61 bits per heavy atom. The van der Waals surface area contributed by atoms with Crippen LogP contribution in [0.4, 0.5) is 5.69 Å². The summed E-state index contributed by atoms with van der Waals surface area (Å²) in [7, 11) is 0. The van der Waals surface area contributed by atoms with Crippen molar-refractivity contribution in [3.8, 4) is 0 Å². The molecule has 100 valence electrons. The molecule has 0 bridgehead atoms. The van der Waals surface area contributed by atoms with Crippen molar-refractivity contribution >= 4 is 17.3 Å². The molecule has 1 unspecified atom stereocenters. The van der Waals surface area contributed by atoms with Gasteiger partial charge in [-0.2, -0.15) is 0 Å². The Labute approximate surface area is 115 Å². The van der Waals surface area contributed by atoms with Gasteiger partial charge in [-0.15, -0.1) is 0 Å². The molecule has 1 aliphatic heterocycles. The van der Waals surface area contributed by atoms with Crippen LogP contribution in [0.15, 0.2) is 12.1 Å². The van der Waals surface area contributed by atoms with Crippen LogP contribution in [0.25, 0.3) is 0 Å². The fraction of sp³-hybridized carbons (Fsp3) is 0.600. The highest BCUT2D eigenvalue weighted by Crippen LogP contribution is 2.38. The summed E-state index contributed by atoms with van der Waals surface area (Å²) < 4.78 is 0. The first-order valence-electron chi connectivity index (χ1n) is 6.61. The largest absolute Gasteiger partial charge is 0.363 e. The molecule has 1 heterocycles. The lowest BCUT2D eigenvalue weighted by molar-refractivity contribution is 0.334. The molecule has 1 saturated heterocycles. The van der Waals surface area contributed by atoms with Gasteiger partial charge in [-0.05, 0) is 57.7 Å². The minimum absolute atomic E-state index is 0.125. The van der Waals surface area contributed by atoms with E-state index in [9.17, 15) is 0 Å². The summed E-state index contributed by atoms with van der Waals surface area (Å²) >= 11 is 6.46. The van der Waals surface area contributed by atoms with Gasteiger partial charge in [0.15, 0.2) is 0 Å². The second-order valence-corrected chi connectivity index (χ2v) is 6.54. The number of hydrogen-bond acceptors (Lipinski definition) is 2. The molecule has 2 nitrogen and oxygen atoms in total. The molecule has 18 heavy (non-hydrogen) atoms. The summed E-state index contributed by atoms with van der Waals surface area (Å²) in [6.45, 7) is 9.64. The quantitative estimate of drug-likeness (QED) is 0.841. The second-order valence-electron chi connectivity index (χ2n) is 6.13. The fourth-order valence-electron chi connectivity index (χ4n) is 2.89. The van der Waals surface area contributed by atoms with Crippen molar-refractivity contribution in [2.24, 2.45) is 5.73 Å². The molecule has 2 rings (SSSR count). The minimum atomic E-state index is 0.125. The van der Waals surface area contributed by atoms with Gasteiger partial charge in [-0.3, -0.25) is 0 Å². The highest BCUT2D eigenvalue weighted by atomic mass is 35.5. The van der Waals surface area contributed by atoms with Gasteiger partial charge in [0.1, 0.15) is 0 Å². The molecule has 1 fully saturated rings. The number of hydrogen-bond donors (Lipinski definition) is 1. The minimum Gasteiger partial charge on any atom is -0.363 e. The summed E-state index contributed by atoms with van der Waals surface area (Å²) in [5.74, 6) is 0. The molecular weight excluding hydrogens is 244 g/mol. The summed E-state index contributed by atoms with van der Waals surface area (Å²) in [6, 6.07) is 4.48. The van der Waals surface area contributed by atoms with Crippen LogP contribution in [0.1, 0.15) is 37.8 Å². The van der Waals surface area contributed by atoms with E-state index in [-0.39, 0.29) is 11.6 Å². The third-order valence-corrected chi connectivity index (χ3v) is 4.23. The van der Waals surface area contributed by atoms with E-state index < -0.39 is 0 Å². The predicted molar refractivity (Wildman–Crippen MR) is 79.6 cm³/mol. The van der Waals surface area contributed by atoms with E-state index >= 15 is 0 Å². The maximum atomic E-state index is 6.46. The summed E-state index contributed by atoms with van der Waals surface area (Å²) in [5.41, 5.74) is 9.86. The Hall–Kier alpha value is -0.730. The average Bonchev–Trinajstić information content (AvgIpc) is 2.22. The van der Waals surface area contributed by atoms with Gasteiger partial charge in [0.05, 0.1) is 10.7 Å². The number of aryl methyl sites for hydroxylation is 2. The van der Waals surface area contributed by atoms with E-state index in [0.29, 0.717) is 0 Å². The van der Waals surface area contributed by atoms with Crippen molar-refractivity contribution < 1.29 is 0 Å². The van der Waals surface area contributed by atoms with Gasteiger partial charge in [0.2, 0.25) is 0 Å². The lowest BCUT2D eigenvalue weighted by atomic mass is 9.87. The van der Waals surface area contributed by atoms with Crippen molar-refractivity contribution in [3.05, 3.63) is 28.3 Å². The maximum Gasteiger partial charge on any atom is 0.0645 e. The lowest BCUT2D eigenvalue weighted by Crippen LogP contribution is -2.55. The van der Waals surface area contributed by atoms with Crippen LogP contribution < -0.4 is 10.6 Å². The van der Waals surface area contributed by atoms with Crippen LogP contribution in [0.2, 0.25) is 5.02 Å². The fourth-order valence-corrected chi connectivity index (χ4v) is 3.31.